The van der Waals surface area contributed by atoms with E-state index in [0.29, 0.717) is 12.0 Å². The Hall–Kier alpha value is -2.88. The van der Waals surface area contributed by atoms with Gasteiger partial charge in [0.15, 0.2) is 0 Å². The molecule has 0 N–H and O–H groups in total. The Labute approximate surface area is 178 Å². The molecule has 0 aromatic heterocycles. The number of benzene rings is 2. The first-order valence-electron chi connectivity index (χ1n) is 10.3. The monoisotopic (exact) mass is 432 g/mol. The van der Waals surface area contributed by atoms with Gasteiger partial charge in [0.1, 0.15) is 11.9 Å². The van der Waals surface area contributed by atoms with Gasteiger partial charge in [-0.05, 0) is 66.3 Å². The zero-order valence-corrected chi connectivity index (χ0v) is 17.1. The van der Waals surface area contributed by atoms with E-state index in [2.05, 4.69) is 6.92 Å². The number of nitrogens with zero attached hydrogens (tertiary/aromatic N) is 1. The average molecular weight is 432 g/mol. The van der Waals surface area contributed by atoms with Crippen LogP contribution < -0.4 is 5.11 Å². The Morgan fingerprint density at radius 3 is 2.39 bits per heavy atom. The lowest BCUT2D eigenvalue weighted by Crippen LogP contribution is -2.23. The average Bonchev–Trinajstić information content (AvgIpc) is 2.72. The predicted octanol–water partition coefficient (Wildman–Crippen LogP) is 5.82. The molecule has 3 rings (SSSR count). The molecule has 0 unspecified atom stereocenters. The van der Waals surface area contributed by atoms with Crippen molar-refractivity contribution in [1.82, 2.24) is 0 Å². The van der Waals surface area contributed by atoms with Crippen molar-refractivity contribution in [2.75, 3.05) is 0 Å². The summed E-state index contributed by atoms with van der Waals surface area (Å²) in [6.45, 7) is 2.14. The Morgan fingerprint density at radius 1 is 1.16 bits per heavy atom. The van der Waals surface area contributed by atoms with E-state index >= 15 is 0 Å². The molecule has 1 aliphatic carbocycles. The molecule has 2 aromatic carbocycles. The first-order chi connectivity index (χ1) is 14.7. The van der Waals surface area contributed by atoms with Crippen molar-refractivity contribution in [3.05, 3.63) is 58.4 Å². The second-order valence-electron chi connectivity index (χ2n) is 8.09. The Bertz CT molecular complexity index is 1020. The fourth-order valence-corrected chi connectivity index (χ4v) is 4.52. The highest BCUT2D eigenvalue weighted by Gasteiger charge is 2.36. The SMILES string of the molecule is CCCC1CCC(c2ccc(C(=O)[O-])c(-c3cc(F)c(C#N)c(C(F)(F)F)c3)c2)CC1. The standard InChI is InChI=1S/C24H23F4NO2/c1-2-3-14-4-6-15(7-5-14)16-8-9-18(23(30)31)19(10-16)17-11-21(24(26,27)28)20(13-29)22(25)12-17/h8-12,14-15H,2-7H2,1H3,(H,30,31)/p-1. The molecule has 1 aliphatic rings. The molecule has 0 radical (unpaired) electrons. The first-order valence-corrected chi connectivity index (χ1v) is 10.3. The number of aromatic carboxylic acids is 1. The Balaban J connectivity index is 2.07. The minimum absolute atomic E-state index is 0.0397. The van der Waals surface area contributed by atoms with Crippen molar-refractivity contribution in [3.8, 4) is 17.2 Å². The first kappa shape index (κ1) is 22.8. The van der Waals surface area contributed by atoms with E-state index in [-0.39, 0.29) is 22.6 Å². The molecule has 0 spiro atoms. The molecule has 0 heterocycles. The molecule has 1 fully saturated rings. The van der Waals surface area contributed by atoms with Crippen LogP contribution in [0.1, 0.15) is 78.4 Å². The number of carbonyl (C=O) groups excluding carboxylic acids is 1. The van der Waals surface area contributed by atoms with Gasteiger partial charge < -0.3 is 9.90 Å². The number of alkyl halides is 3. The lowest BCUT2D eigenvalue weighted by molar-refractivity contribution is -0.254. The predicted molar refractivity (Wildman–Crippen MR) is 105 cm³/mol. The van der Waals surface area contributed by atoms with Crippen LogP contribution in [0.3, 0.4) is 0 Å². The maximum atomic E-state index is 14.3. The van der Waals surface area contributed by atoms with E-state index in [4.69, 9.17) is 5.26 Å². The van der Waals surface area contributed by atoms with Crippen LogP contribution in [0.4, 0.5) is 17.6 Å². The highest BCUT2D eigenvalue weighted by molar-refractivity contribution is 5.95. The van der Waals surface area contributed by atoms with Gasteiger partial charge in [-0.15, -0.1) is 0 Å². The summed E-state index contributed by atoms with van der Waals surface area (Å²) in [5.74, 6) is -2.09. The molecule has 0 aliphatic heterocycles. The molecule has 164 valence electrons. The van der Waals surface area contributed by atoms with E-state index in [9.17, 15) is 27.5 Å². The molecule has 31 heavy (non-hydrogen) atoms. The summed E-state index contributed by atoms with van der Waals surface area (Å²) in [6.07, 6.45) is 1.21. The smallest absolute Gasteiger partial charge is 0.417 e. The van der Waals surface area contributed by atoms with Crippen molar-refractivity contribution in [2.24, 2.45) is 5.92 Å². The van der Waals surface area contributed by atoms with Gasteiger partial charge in [0.25, 0.3) is 0 Å². The van der Waals surface area contributed by atoms with Gasteiger partial charge in [-0.3, -0.25) is 0 Å². The van der Waals surface area contributed by atoms with Crippen LogP contribution in [0.5, 0.6) is 0 Å². The van der Waals surface area contributed by atoms with Crippen molar-refractivity contribution in [2.45, 2.75) is 57.5 Å². The van der Waals surface area contributed by atoms with Crippen LogP contribution in [0.2, 0.25) is 0 Å². The molecule has 0 atom stereocenters. The summed E-state index contributed by atoms with van der Waals surface area (Å²) >= 11 is 0. The lowest BCUT2D eigenvalue weighted by atomic mass is 9.76. The molecule has 0 saturated heterocycles. The third-order valence-electron chi connectivity index (χ3n) is 6.10. The third kappa shape index (κ3) is 4.90. The zero-order chi connectivity index (χ0) is 22.8. The second kappa shape index (κ2) is 9.09. The summed E-state index contributed by atoms with van der Waals surface area (Å²) in [4.78, 5) is 11.6. The van der Waals surface area contributed by atoms with Crippen LogP contribution in [0, 0.1) is 23.1 Å². The van der Waals surface area contributed by atoms with Crippen molar-refractivity contribution < 1.29 is 27.5 Å². The third-order valence-corrected chi connectivity index (χ3v) is 6.10. The van der Waals surface area contributed by atoms with Gasteiger partial charge in [0, 0.05) is 5.56 Å². The Kier molecular flexibility index (Phi) is 6.68. The maximum Gasteiger partial charge on any atom is 0.417 e. The molecule has 1 saturated carbocycles. The molecular formula is C24H22F4NO2-. The summed E-state index contributed by atoms with van der Waals surface area (Å²) < 4.78 is 54.5. The summed E-state index contributed by atoms with van der Waals surface area (Å²) in [7, 11) is 0. The minimum atomic E-state index is -4.96. The fraction of sp³-hybridized carbons (Fsp3) is 0.417. The quantitative estimate of drug-likeness (QED) is 0.559. The van der Waals surface area contributed by atoms with Gasteiger partial charge in [0.2, 0.25) is 0 Å². The van der Waals surface area contributed by atoms with Gasteiger partial charge in [0.05, 0.1) is 17.1 Å². The second-order valence-corrected chi connectivity index (χ2v) is 8.09. The minimum Gasteiger partial charge on any atom is -0.545 e. The number of carboxylic acids is 1. The number of halogens is 4. The summed E-state index contributed by atoms with van der Waals surface area (Å²) in [5, 5.41) is 20.6. The van der Waals surface area contributed by atoms with Crippen molar-refractivity contribution in [1.29, 1.82) is 5.26 Å². The normalized spacial score (nSPS) is 19.1. The summed E-state index contributed by atoms with van der Waals surface area (Å²) in [5.41, 5.74) is -2.34. The maximum absolute atomic E-state index is 14.3. The number of carboxylic acid groups (broad SMARTS) is 1. The van der Waals surface area contributed by atoms with Gasteiger partial charge in [-0.2, -0.15) is 18.4 Å². The Morgan fingerprint density at radius 2 is 1.84 bits per heavy atom. The topological polar surface area (TPSA) is 63.9 Å². The van der Waals surface area contributed by atoms with E-state index in [1.54, 1.807) is 6.07 Å². The molecule has 7 heteroatoms. The summed E-state index contributed by atoms with van der Waals surface area (Å²) in [6, 6.07) is 7.13. The van der Waals surface area contributed by atoms with E-state index in [1.165, 1.54) is 18.2 Å². The molecule has 3 nitrogen and oxygen atoms in total. The number of nitriles is 1. The van der Waals surface area contributed by atoms with Gasteiger partial charge >= 0.3 is 6.18 Å². The van der Waals surface area contributed by atoms with Crippen molar-refractivity contribution in [3.63, 3.8) is 0 Å². The van der Waals surface area contributed by atoms with Crippen LogP contribution >= 0.6 is 0 Å². The van der Waals surface area contributed by atoms with E-state index in [0.717, 1.165) is 50.2 Å². The zero-order valence-electron chi connectivity index (χ0n) is 17.1. The van der Waals surface area contributed by atoms with Crippen LogP contribution in [0.25, 0.3) is 11.1 Å². The fourth-order valence-electron chi connectivity index (χ4n) is 4.52. The van der Waals surface area contributed by atoms with Crippen LogP contribution in [0.15, 0.2) is 30.3 Å². The molecular weight excluding hydrogens is 410 g/mol. The number of rotatable bonds is 5. The lowest BCUT2D eigenvalue weighted by Gasteiger charge is -2.29. The highest BCUT2D eigenvalue weighted by atomic mass is 19.4. The van der Waals surface area contributed by atoms with E-state index < -0.39 is 29.1 Å². The van der Waals surface area contributed by atoms with Crippen LogP contribution in [-0.4, -0.2) is 5.97 Å². The van der Waals surface area contributed by atoms with Gasteiger partial charge in [-0.25, -0.2) is 4.39 Å². The number of carbonyl (C=O) groups is 1. The highest BCUT2D eigenvalue weighted by Crippen LogP contribution is 2.41. The molecule has 0 amide bonds. The number of hydrogen-bond acceptors (Lipinski definition) is 3. The van der Waals surface area contributed by atoms with Crippen LogP contribution in [-0.2, 0) is 6.18 Å². The van der Waals surface area contributed by atoms with Gasteiger partial charge in [-0.1, -0.05) is 38.0 Å². The van der Waals surface area contributed by atoms with E-state index in [1.807, 2.05) is 0 Å². The molecule has 2 aromatic rings. The number of hydrogen-bond donors (Lipinski definition) is 0. The molecule has 0 bridgehead atoms. The van der Waals surface area contributed by atoms with Crippen molar-refractivity contribution >= 4 is 5.97 Å². The largest absolute Gasteiger partial charge is 0.545 e.